The van der Waals surface area contributed by atoms with Gasteiger partial charge >= 0.3 is 0 Å². The number of hydrogen-bond donors (Lipinski definition) is 3. The second-order valence-corrected chi connectivity index (χ2v) is 9.52. The SMILES string of the molecule is CC(C)(C#N)c1ccc(NC(O)C#Cc2cc3cc(CNC4CCOCC4)ccc3n2CCF)cn1. The van der Waals surface area contributed by atoms with Crippen molar-refractivity contribution in [2.24, 2.45) is 0 Å². The van der Waals surface area contributed by atoms with Crippen molar-refractivity contribution in [3.63, 3.8) is 0 Å². The number of anilines is 1. The van der Waals surface area contributed by atoms with Crippen LogP contribution in [-0.2, 0) is 23.2 Å². The summed E-state index contributed by atoms with van der Waals surface area (Å²) in [6.07, 6.45) is 2.46. The number of nitrogens with zero attached hydrogens (tertiary/aromatic N) is 3. The molecule has 1 atom stereocenters. The lowest BCUT2D eigenvalue weighted by Crippen LogP contribution is -2.34. The van der Waals surface area contributed by atoms with Crippen molar-refractivity contribution in [3.8, 4) is 17.9 Å². The minimum absolute atomic E-state index is 0.191. The first kappa shape index (κ1) is 25.7. The molecule has 1 unspecified atom stereocenters. The molecular weight excluding hydrogens is 457 g/mol. The van der Waals surface area contributed by atoms with E-state index in [1.807, 2.05) is 16.7 Å². The van der Waals surface area contributed by atoms with E-state index in [1.54, 1.807) is 32.2 Å². The van der Waals surface area contributed by atoms with E-state index in [1.165, 1.54) is 0 Å². The van der Waals surface area contributed by atoms with Crippen LogP contribution in [0.1, 0.15) is 43.6 Å². The number of hydrogen-bond acceptors (Lipinski definition) is 6. The van der Waals surface area contributed by atoms with Gasteiger partial charge in [-0.15, -0.1) is 0 Å². The zero-order valence-corrected chi connectivity index (χ0v) is 20.7. The molecule has 0 saturated carbocycles. The van der Waals surface area contributed by atoms with Crippen molar-refractivity contribution in [1.29, 1.82) is 5.26 Å². The number of halogens is 1. The van der Waals surface area contributed by atoms with Gasteiger partial charge in [0.15, 0.2) is 6.23 Å². The van der Waals surface area contributed by atoms with Crippen molar-refractivity contribution in [2.45, 2.75) is 57.5 Å². The van der Waals surface area contributed by atoms with Gasteiger partial charge < -0.3 is 25.0 Å². The Morgan fingerprint density at radius 1 is 1.25 bits per heavy atom. The zero-order chi connectivity index (χ0) is 25.5. The molecule has 2 aromatic heterocycles. The Morgan fingerprint density at radius 2 is 2.06 bits per heavy atom. The second-order valence-electron chi connectivity index (χ2n) is 9.52. The summed E-state index contributed by atoms with van der Waals surface area (Å²) in [6.45, 7) is 5.63. The van der Waals surface area contributed by atoms with Crippen molar-refractivity contribution in [2.75, 3.05) is 25.2 Å². The van der Waals surface area contributed by atoms with Crippen LogP contribution in [0.25, 0.3) is 10.9 Å². The van der Waals surface area contributed by atoms with Gasteiger partial charge in [-0.1, -0.05) is 6.07 Å². The fourth-order valence-electron chi connectivity index (χ4n) is 4.27. The van der Waals surface area contributed by atoms with E-state index in [0.717, 1.165) is 49.1 Å². The Kier molecular flexibility index (Phi) is 8.22. The first-order chi connectivity index (χ1) is 17.4. The van der Waals surface area contributed by atoms with Crippen molar-refractivity contribution in [1.82, 2.24) is 14.9 Å². The van der Waals surface area contributed by atoms with Crippen LogP contribution in [0, 0.1) is 23.2 Å². The van der Waals surface area contributed by atoms with Gasteiger partial charge in [-0.2, -0.15) is 5.26 Å². The third kappa shape index (κ3) is 6.22. The van der Waals surface area contributed by atoms with E-state index < -0.39 is 18.3 Å². The Bertz CT molecular complexity index is 1280. The molecule has 188 valence electrons. The molecule has 3 heterocycles. The van der Waals surface area contributed by atoms with Gasteiger partial charge in [0.05, 0.1) is 41.3 Å². The van der Waals surface area contributed by atoms with Crippen molar-refractivity contribution in [3.05, 3.63) is 59.5 Å². The van der Waals surface area contributed by atoms with Crippen LogP contribution < -0.4 is 10.6 Å². The number of aliphatic hydroxyl groups is 1. The summed E-state index contributed by atoms with van der Waals surface area (Å²) in [7, 11) is 0. The van der Waals surface area contributed by atoms with Crippen LogP contribution in [0.15, 0.2) is 42.6 Å². The first-order valence-corrected chi connectivity index (χ1v) is 12.2. The summed E-state index contributed by atoms with van der Waals surface area (Å²) in [5, 5.41) is 27.1. The summed E-state index contributed by atoms with van der Waals surface area (Å²) in [5.41, 5.74) is 3.25. The van der Waals surface area contributed by atoms with Crippen LogP contribution in [0.3, 0.4) is 0 Å². The van der Waals surface area contributed by atoms with Gasteiger partial charge in [-0.25, -0.2) is 4.39 Å². The van der Waals surface area contributed by atoms with Crippen LogP contribution in [0.5, 0.6) is 0 Å². The maximum atomic E-state index is 13.3. The zero-order valence-electron chi connectivity index (χ0n) is 20.7. The predicted molar refractivity (Wildman–Crippen MR) is 138 cm³/mol. The Hall–Kier alpha value is -3.43. The normalized spacial score (nSPS) is 15.2. The second kappa shape index (κ2) is 11.5. The van der Waals surface area contributed by atoms with Gasteiger partial charge in [0.1, 0.15) is 6.67 Å². The summed E-state index contributed by atoms with van der Waals surface area (Å²) in [5.74, 6) is 5.79. The van der Waals surface area contributed by atoms with Crippen LogP contribution in [-0.4, -0.2) is 46.8 Å². The smallest absolute Gasteiger partial charge is 0.189 e. The van der Waals surface area contributed by atoms with Crippen molar-refractivity contribution >= 4 is 16.6 Å². The highest BCUT2D eigenvalue weighted by molar-refractivity contribution is 5.83. The average Bonchev–Trinajstić information content (AvgIpc) is 3.24. The molecule has 3 aromatic rings. The average molecular weight is 490 g/mol. The largest absolute Gasteiger partial charge is 0.381 e. The maximum Gasteiger partial charge on any atom is 0.189 e. The number of aromatic nitrogens is 2. The van der Waals surface area contributed by atoms with Gasteiger partial charge in [0.25, 0.3) is 0 Å². The molecule has 1 aliphatic heterocycles. The number of fused-ring (bicyclic) bond motifs is 1. The summed E-state index contributed by atoms with van der Waals surface area (Å²) < 4.78 is 20.6. The fraction of sp³-hybridized carbons (Fsp3) is 0.429. The number of ether oxygens (including phenoxy) is 1. The molecular formula is C28H32FN5O2. The van der Waals surface area contributed by atoms with E-state index in [9.17, 15) is 14.8 Å². The van der Waals surface area contributed by atoms with Gasteiger partial charge in [-0.3, -0.25) is 4.98 Å². The van der Waals surface area contributed by atoms with Gasteiger partial charge in [-0.05, 0) is 74.4 Å². The molecule has 0 spiro atoms. The number of rotatable bonds is 8. The minimum atomic E-state index is -1.14. The molecule has 0 radical (unpaired) electrons. The molecule has 0 bridgehead atoms. The first-order valence-electron chi connectivity index (χ1n) is 12.2. The van der Waals surface area contributed by atoms with Gasteiger partial charge in [0, 0.05) is 36.7 Å². The lowest BCUT2D eigenvalue weighted by atomic mass is 9.91. The number of alkyl halides is 1. The van der Waals surface area contributed by atoms with Crippen LogP contribution in [0.4, 0.5) is 10.1 Å². The molecule has 4 rings (SSSR count). The molecule has 3 N–H and O–H groups in total. The monoisotopic (exact) mass is 489 g/mol. The van der Waals surface area contributed by atoms with Crippen molar-refractivity contribution < 1.29 is 14.2 Å². The van der Waals surface area contributed by atoms with Gasteiger partial charge in [0.2, 0.25) is 0 Å². The third-order valence-electron chi connectivity index (χ3n) is 6.41. The topological polar surface area (TPSA) is 95.1 Å². The maximum absolute atomic E-state index is 13.3. The highest BCUT2D eigenvalue weighted by Crippen LogP contribution is 2.23. The predicted octanol–water partition coefficient (Wildman–Crippen LogP) is 3.86. The number of aryl methyl sites for hydroxylation is 1. The standard InChI is InChI=1S/C28H32FN5O2/c1-28(2,19-30)26-7-4-23(18-32-26)33-27(35)8-5-24-16-21-15-20(3-6-25(21)34(24)12-11-29)17-31-22-9-13-36-14-10-22/h3-4,6-7,15-16,18,22,27,31,33,35H,9-14,17H2,1-2H3. The molecule has 0 amide bonds. The fourth-order valence-corrected chi connectivity index (χ4v) is 4.27. The Balaban J connectivity index is 1.47. The molecule has 36 heavy (non-hydrogen) atoms. The molecule has 1 saturated heterocycles. The number of nitrogens with one attached hydrogen (secondary N) is 2. The van der Waals surface area contributed by atoms with E-state index >= 15 is 0 Å². The third-order valence-corrected chi connectivity index (χ3v) is 6.41. The lowest BCUT2D eigenvalue weighted by Gasteiger charge is -2.23. The number of pyridine rings is 1. The van der Waals surface area contributed by atoms with E-state index in [2.05, 4.69) is 45.7 Å². The quantitative estimate of drug-likeness (QED) is 0.329. The highest BCUT2D eigenvalue weighted by atomic mass is 19.1. The molecule has 1 aromatic carbocycles. The molecule has 0 aliphatic carbocycles. The van der Waals surface area contributed by atoms with E-state index in [-0.39, 0.29) is 6.54 Å². The number of benzene rings is 1. The number of nitriles is 1. The summed E-state index contributed by atoms with van der Waals surface area (Å²) >= 11 is 0. The minimum Gasteiger partial charge on any atom is -0.381 e. The Labute approximate surface area is 211 Å². The van der Waals surface area contributed by atoms with E-state index in [4.69, 9.17) is 4.74 Å². The van der Waals surface area contributed by atoms with Crippen LogP contribution in [0.2, 0.25) is 0 Å². The van der Waals surface area contributed by atoms with Crippen LogP contribution >= 0.6 is 0 Å². The summed E-state index contributed by atoms with van der Waals surface area (Å²) in [6, 6.07) is 14.3. The molecule has 1 aliphatic rings. The molecule has 8 heteroatoms. The molecule has 1 fully saturated rings. The highest BCUT2D eigenvalue weighted by Gasteiger charge is 2.21. The molecule has 7 nitrogen and oxygen atoms in total. The summed E-state index contributed by atoms with van der Waals surface area (Å²) in [4.78, 5) is 4.31. The number of aliphatic hydroxyl groups excluding tert-OH is 1. The van der Waals surface area contributed by atoms with E-state index in [0.29, 0.717) is 23.1 Å². The Morgan fingerprint density at radius 3 is 2.75 bits per heavy atom. The lowest BCUT2D eigenvalue weighted by molar-refractivity contribution is 0.0776.